The maximum atomic E-state index is 12.1. The van der Waals surface area contributed by atoms with Crippen molar-refractivity contribution in [2.24, 2.45) is 11.8 Å². The van der Waals surface area contributed by atoms with E-state index in [0.717, 1.165) is 12.3 Å². The average molecular weight is 282 g/mol. The zero-order valence-electron chi connectivity index (χ0n) is 12.3. The van der Waals surface area contributed by atoms with Gasteiger partial charge in [-0.3, -0.25) is 4.79 Å². The summed E-state index contributed by atoms with van der Waals surface area (Å²) >= 11 is 0. The number of rotatable bonds is 4. The predicted octanol–water partition coefficient (Wildman–Crippen LogP) is 2.46. The van der Waals surface area contributed by atoms with Crippen molar-refractivity contribution in [1.82, 2.24) is 10.2 Å². The summed E-state index contributed by atoms with van der Waals surface area (Å²) in [7, 11) is 0. The second-order valence-corrected chi connectivity index (χ2v) is 6.36. The number of carboxylic acid groups (broad SMARTS) is 1. The Balaban J connectivity index is 1.72. The fourth-order valence-corrected chi connectivity index (χ4v) is 3.43. The van der Waals surface area contributed by atoms with Gasteiger partial charge in [-0.1, -0.05) is 32.1 Å². The van der Waals surface area contributed by atoms with E-state index < -0.39 is 11.9 Å². The Morgan fingerprint density at radius 1 is 1.25 bits per heavy atom. The third kappa shape index (κ3) is 4.12. The van der Waals surface area contributed by atoms with Gasteiger partial charge in [0.05, 0.1) is 5.92 Å². The summed E-state index contributed by atoms with van der Waals surface area (Å²) in [6.45, 7) is 2.95. The number of hydrogen-bond acceptors (Lipinski definition) is 2. The number of nitrogens with one attached hydrogen (secondary N) is 1. The third-order valence-corrected chi connectivity index (χ3v) is 4.61. The van der Waals surface area contributed by atoms with Gasteiger partial charge in [0.15, 0.2) is 0 Å². The Morgan fingerprint density at radius 2 is 1.95 bits per heavy atom. The van der Waals surface area contributed by atoms with Crippen LogP contribution in [0.1, 0.15) is 51.9 Å². The summed E-state index contributed by atoms with van der Waals surface area (Å²) in [4.78, 5) is 24.6. The van der Waals surface area contributed by atoms with E-state index in [-0.39, 0.29) is 12.1 Å². The number of urea groups is 1. The zero-order chi connectivity index (χ0) is 14.5. The largest absolute Gasteiger partial charge is 0.481 e. The molecule has 1 aliphatic heterocycles. The summed E-state index contributed by atoms with van der Waals surface area (Å²) in [6, 6.07) is 0.0755. The van der Waals surface area contributed by atoms with Crippen molar-refractivity contribution in [3.8, 4) is 0 Å². The molecule has 5 heteroatoms. The standard InChI is InChI=1S/C15H26N2O3/c1-11(9-12-5-3-2-4-6-12)16-15(20)17-8-7-13(10-17)14(18)19/h11-13H,2-10H2,1H3,(H,16,20)(H,18,19)/t11-,13?/m0/s1. The molecule has 1 heterocycles. The SMILES string of the molecule is C[C@@H](CC1CCCCC1)NC(=O)N1CCC(C(=O)O)C1. The lowest BCUT2D eigenvalue weighted by atomic mass is 9.85. The van der Waals surface area contributed by atoms with Gasteiger partial charge in [-0.25, -0.2) is 4.79 Å². The van der Waals surface area contributed by atoms with Gasteiger partial charge in [0, 0.05) is 19.1 Å². The molecule has 0 bridgehead atoms. The van der Waals surface area contributed by atoms with Crippen molar-refractivity contribution in [3.05, 3.63) is 0 Å². The van der Waals surface area contributed by atoms with Crippen LogP contribution in [0.5, 0.6) is 0 Å². The number of carbonyl (C=O) groups is 2. The van der Waals surface area contributed by atoms with E-state index in [1.54, 1.807) is 4.90 Å². The van der Waals surface area contributed by atoms with Crippen molar-refractivity contribution in [1.29, 1.82) is 0 Å². The number of hydrogen-bond donors (Lipinski definition) is 2. The smallest absolute Gasteiger partial charge is 0.317 e. The minimum absolute atomic E-state index is 0.0999. The van der Waals surface area contributed by atoms with Crippen molar-refractivity contribution in [2.45, 2.75) is 57.9 Å². The van der Waals surface area contributed by atoms with Gasteiger partial charge in [-0.15, -0.1) is 0 Å². The lowest BCUT2D eigenvalue weighted by Crippen LogP contribution is -2.43. The first kappa shape index (κ1) is 15.1. The normalized spacial score (nSPS) is 25.4. The lowest BCUT2D eigenvalue weighted by molar-refractivity contribution is -0.141. The van der Waals surface area contributed by atoms with E-state index in [2.05, 4.69) is 12.2 Å². The highest BCUT2D eigenvalue weighted by Crippen LogP contribution is 2.27. The molecule has 0 aromatic rings. The summed E-state index contributed by atoms with van der Waals surface area (Å²) in [5.74, 6) is -0.450. The molecule has 2 rings (SSSR count). The van der Waals surface area contributed by atoms with Crippen LogP contribution in [0, 0.1) is 11.8 Å². The molecule has 1 saturated carbocycles. The highest BCUT2D eigenvalue weighted by Gasteiger charge is 2.31. The highest BCUT2D eigenvalue weighted by molar-refractivity contribution is 5.77. The molecule has 1 saturated heterocycles. The van der Waals surface area contributed by atoms with Crippen LogP contribution in [0.2, 0.25) is 0 Å². The molecule has 0 aromatic carbocycles. The summed E-state index contributed by atoms with van der Waals surface area (Å²) in [5.41, 5.74) is 0. The molecule has 2 aliphatic rings. The minimum atomic E-state index is -0.796. The fourth-order valence-electron chi connectivity index (χ4n) is 3.43. The number of aliphatic carboxylic acids is 1. The van der Waals surface area contributed by atoms with Crippen LogP contribution < -0.4 is 5.32 Å². The summed E-state index contributed by atoms with van der Waals surface area (Å²) in [6.07, 6.45) is 8.16. The van der Waals surface area contributed by atoms with Gasteiger partial charge >= 0.3 is 12.0 Å². The fraction of sp³-hybridized carbons (Fsp3) is 0.867. The Bertz CT molecular complexity index is 353. The molecule has 2 atom stereocenters. The second kappa shape index (κ2) is 6.95. The maximum absolute atomic E-state index is 12.1. The van der Waals surface area contributed by atoms with Gasteiger partial charge in [0.2, 0.25) is 0 Å². The van der Waals surface area contributed by atoms with Gasteiger partial charge in [-0.05, 0) is 25.7 Å². The third-order valence-electron chi connectivity index (χ3n) is 4.61. The minimum Gasteiger partial charge on any atom is -0.481 e. The molecular formula is C15H26N2O3. The number of nitrogens with zero attached hydrogens (tertiary/aromatic N) is 1. The first-order chi connectivity index (χ1) is 9.56. The number of likely N-dealkylation sites (tertiary alicyclic amines) is 1. The highest BCUT2D eigenvalue weighted by atomic mass is 16.4. The monoisotopic (exact) mass is 282 g/mol. The van der Waals surface area contributed by atoms with Crippen LogP contribution in [-0.2, 0) is 4.79 Å². The van der Waals surface area contributed by atoms with Crippen molar-refractivity contribution >= 4 is 12.0 Å². The quantitative estimate of drug-likeness (QED) is 0.832. The van der Waals surface area contributed by atoms with Crippen LogP contribution in [-0.4, -0.2) is 41.1 Å². The molecule has 1 unspecified atom stereocenters. The number of carboxylic acids is 1. The van der Waals surface area contributed by atoms with E-state index in [1.807, 2.05) is 0 Å². The molecule has 2 fully saturated rings. The van der Waals surface area contributed by atoms with Crippen LogP contribution in [0.3, 0.4) is 0 Å². The van der Waals surface area contributed by atoms with E-state index >= 15 is 0 Å². The Hall–Kier alpha value is -1.26. The van der Waals surface area contributed by atoms with Crippen molar-refractivity contribution in [2.75, 3.05) is 13.1 Å². The Morgan fingerprint density at radius 3 is 2.55 bits per heavy atom. The first-order valence-corrected chi connectivity index (χ1v) is 7.84. The van der Waals surface area contributed by atoms with Crippen LogP contribution >= 0.6 is 0 Å². The van der Waals surface area contributed by atoms with Crippen molar-refractivity contribution in [3.63, 3.8) is 0 Å². The average Bonchev–Trinajstić information content (AvgIpc) is 2.89. The van der Waals surface area contributed by atoms with E-state index in [4.69, 9.17) is 5.11 Å². The first-order valence-electron chi connectivity index (χ1n) is 7.84. The number of amides is 2. The lowest BCUT2D eigenvalue weighted by Gasteiger charge is -2.26. The topological polar surface area (TPSA) is 69.6 Å². The molecule has 0 radical (unpaired) electrons. The van der Waals surface area contributed by atoms with E-state index in [0.29, 0.717) is 19.5 Å². The molecule has 20 heavy (non-hydrogen) atoms. The van der Waals surface area contributed by atoms with Crippen LogP contribution in [0.15, 0.2) is 0 Å². The molecule has 1 aliphatic carbocycles. The van der Waals surface area contributed by atoms with E-state index in [9.17, 15) is 9.59 Å². The molecular weight excluding hydrogens is 256 g/mol. The maximum Gasteiger partial charge on any atom is 0.317 e. The molecule has 114 valence electrons. The predicted molar refractivity (Wildman–Crippen MR) is 76.5 cm³/mol. The van der Waals surface area contributed by atoms with Gasteiger partial charge in [0.1, 0.15) is 0 Å². The molecule has 0 aromatic heterocycles. The molecule has 5 nitrogen and oxygen atoms in total. The Labute approximate surface area is 120 Å². The molecule has 2 N–H and O–H groups in total. The van der Waals surface area contributed by atoms with Crippen LogP contribution in [0.4, 0.5) is 4.79 Å². The van der Waals surface area contributed by atoms with Gasteiger partial charge in [0.25, 0.3) is 0 Å². The zero-order valence-corrected chi connectivity index (χ0v) is 12.3. The second-order valence-electron chi connectivity index (χ2n) is 6.36. The summed E-state index contributed by atoms with van der Waals surface area (Å²) < 4.78 is 0. The molecule has 0 spiro atoms. The van der Waals surface area contributed by atoms with Crippen molar-refractivity contribution < 1.29 is 14.7 Å². The van der Waals surface area contributed by atoms with E-state index in [1.165, 1.54) is 32.1 Å². The Kier molecular flexibility index (Phi) is 5.26. The van der Waals surface area contributed by atoms with Crippen LogP contribution in [0.25, 0.3) is 0 Å². The van der Waals surface area contributed by atoms with Gasteiger partial charge < -0.3 is 15.3 Å². The number of carbonyl (C=O) groups excluding carboxylic acids is 1. The molecule has 2 amide bonds. The van der Waals surface area contributed by atoms with Gasteiger partial charge in [-0.2, -0.15) is 0 Å². The summed E-state index contributed by atoms with van der Waals surface area (Å²) in [5, 5.41) is 12.0.